The molecule has 0 radical (unpaired) electrons. The Morgan fingerprint density at radius 1 is 1.23 bits per heavy atom. The number of nitriles is 1. The first-order chi connectivity index (χ1) is 16.9. The molecule has 0 saturated carbocycles. The molecular weight excluding hydrogens is 482 g/mol. The third-order valence-electron chi connectivity index (χ3n) is 5.01. The number of nitrogens with zero attached hydrogens (tertiary/aromatic N) is 3. The van der Waals surface area contributed by atoms with Crippen LogP contribution in [0, 0.1) is 18.3 Å². The normalized spacial score (nSPS) is 11.6. The molecule has 1 unspecified atom stereocenters. The molecule has 0 saturated heterocycles. The number of carbonyl (C=O) groups is 1. The molecule has 4 aromatic rings. The number of aromatic amines is 1. The summed E-state index contributed by atoms with van der Waals surface area (Å²) in [5.41, 5.74) is 8.49. The van der Waals surface area contributed by atoms with E-state index in [0.717, 1.165) is 28.6 Å². The SMILES string of the molecule is CCOc1cccc(-c2nc(SC(C(N)=O)c3nc(-c4ccc(C)cc4)cs3)[nH]c(=O)c2C#N)c1. The standard InChI is InChI=1S/C25H21N5O3S2/c1-3-33-17-6-4-5-16(11-17)20-18(12-26)23(32)30-25(29-20)35-21(22(27)31)24-28-19(13-34-24)15-9-7-14(2)8-10-15/h4-11,13,21H,3H2,1-2H3,(H2,27,31)(H,29,30,32). The van der Waals surface area contributed by atoms with E-state index in [1.54, 1.807) is 24.3 Å². The van der Waals surface area contributed by atoms with Gasteiger partial charge >= 0.3 is 0 Å². The second kappa shape index (κ2) is 10.5. The number of thioether (sulfide) groups is 1. The van der Waals surface area contributed by atoms with Gasteiger partial charge in [-0.3, -0.25) is 9.59 Å². The second-order valence-electron chi connectivity index (χ2n) is 7.50. The quantitative estimate of drug-likeness (QED) is 0.268. The van der Waals surface area contributed by atoms with Crippen molar-refractivity contribution in [3.8, 4) is 34.3 Å². The molecule has 10 heteroatoms. The second-order valence-corrected chi connectivity index (χ2v) is 9.49. The summed E-state index contributed by atoms with van der Waals surface area (Å²) in [5.74, 6) is -0.0293. The number of hydrogen-bond acceptors (Lipinski definition) is 8. The fraction of sp³-hybridized carbons (Fsp3) is 0.160. The van der Waals surface area contributed by atoms with Gasteiger partial charge in [0.2, 0.25) is 5.91 Å². The number of aromatic nitrogens is 3. The van der Waals surface area contributed by atoms with Crippen LogP contribution in [-0.4, -0.2) is 27.5 Å². The summed E-state index contributed by atoms with van der Waals surface area (Å²) in [6.07, 6.45) is 0. The molecule has 176 valence electrons. The zero-order chi connectivity index (χ0) is 24.9. The Kier molecular flexibility index (Phi) is 7.29. The third-order valence-corrected chi connectivity index (χ3v) is 7.18. The maximum Gasteiger partial charge on any atom is 0.270 e. The van der Waals surface area contributed by atoms with Crippen LogP contribution in [0.4, 0.5) is 0 Å². The van der Waals surface area contributed by atoms with Crippen LogP contribution in [-0.2, 0) is 4.79 Å². The molecule has 2 aromatic heterocycles. The van der Waals surface area contributed by atoms with Gasteiger partial charge in [-0.25, -0.2) is 9.97 Å². The number of carbonyl (C=O) groups excluding carboxylic acids is 1. The monoisotopic (exact) mass is 503 g/mol. The van der Waals surface area contributed by atoms with Crippen LogP contribution in [0.25, 0.3) is 22.5 Å². The van der Waals surface area contributed by atoms with Gasteiger partial charge in [0, 0.05) is 16.5 Å². The molecule has 0 aliphatic heterocycles. The van der Waals surface area contributed by atoms with E-state index < -0.39 is 16.7 Å². The summed E-state index contributed by atoms with van der Waals surface area (Å²) in [6, 6.07) is 16.8. The number of nitrogens with one attached hydrogen (secondary N) is 1. The molecule has 0 aliphatic rings. The minimum atomic E-state index is -0.877. The van der Waals surface area contributed by atoms with Crippen molar-refractivity contribution in [1.82, 2.24) is 15.0 Å². The maximum absolute atomic E-state index is 12.7. The molecular formula is C25H21N5O3S2. The molecule has 35 heavy (non-hydrogen) atoms. The van der Waals surface area contributed by atoms with Crippen LogP contribution >= 0.6 is 23.1 Å². The van der Waals surface area contributed by atoms with Gasteiger partial charge < -0.3 is 15.5 Å². The van der Waals surface area contributed by atoms with Gasteiger partial charge in [-0.05, 0) is 26.0 Å². The highest BCUT2D eigenvalue weighted by Crippen LogP contribution is 2.37. The zero-order valence-electron chi connectivity index (χ0n) is 18.9. The first-order valence-electron chi connectivity index (χ1n) is 10.7. The fourth-order valence-electron chi connectivity index (χ4n) is 3.33. The third kappa shape index (κ3) is 5.42. The average molecular weight is 504 g/mol. The number of thiazole rings is 1. The van der Waals surface area contributed by atoms with Crippen LogP contribution in [0.2, 0.25) is 0 Å². The lowest BCUT2D eigenvalue weighted by molar-refractivity contribution is -0.117. The zero-order valence-corrected chi connectivity index (χ0v) is 20.6. The van der Waals surface area contributed by atoms with E-state index in [9.17, 15) is 14.9 Å². The summed E-state index contributed by atoms with van der Waals surface area (Å²) >= 11 is 2.29. The molecule has 3 N–H and O–H groups in total. The average Bonchev–Trinajstić information content (AvgIpc) is 3.32. The van der Waals surface area contributed by atoms with Gasteiger partial charge in [0.15, 0.2) is 5.16 Å². The smallest absolute Gasteiger partial charge is 0.270 e. The van der Waals surface area contributed by atoms with Crippen LogP contribution in [0.1, 0.15) is 28.3 Å². The van der Waals surface area contributed by atoms with Gasteiger partial charge in [0.25, 0.3) is 5.56 Å². The van der Waals surface area contributed by atoms with Crippen molar-refractivity contribution in [3.05, 3.63) is 80.4 Å². The van der Waals surface area contributed by atoms with Crippen molar-refractivity contribution in [2.45, 2.75) is 24.3 Å². The lowest BCUT2D eigenvalue weighted by Gasteiger charge is -2.12. The number of ether oxygens (including phenoxy) is 1. The molecule has 8 nitrogen and oxygen atoms in total. The number of H-pyrrole nitrogens is 1. The van der Waals surface area contributed by atoms with Crippen LogP contribution in [0.5, 0.6) is 5.75 Å². The van der Waals surface area contributed by atoms with Gasteiger partial charge in [-0.15, -0.1) is 11.3 Å². The molecule has 4 rings (SSSR count). The summed E-state index contributed by atoms with van der Waals surface area (Å²) in [6.45, 7) is 4.33. The van der Waals surface area contributed by atoms with E-state index in [4.69, 9.17) is 10.5 Å². The predicted octanol–water partition coefficient (Wildman–Crippen LogP) is 4.46. The van der Waals surface area contributed by atoms with Crippen LogP contribution < -0.4 is 16.0 Å². The molecule has 2 heterocycles. The Labute approximate surface area is 209 Å². The Balaban J connectivity index is 1.70. The fourth-order valence-corrected chi connectivity index (χ4v) is 5.24. The Morgan fingerprint density at radius 2 is 2.00 bits per heavy atom. The summed E-state index contributed by atoms with van der Waals surface area (Å²) in [7, 11) is 0. The number of rotatable bonds is 8. The summed E-state index contributed by atoms with van der Waals surface area (Å²) in [4.78, 5) is 36.7. The van der Waals surface area contributed by atoms with E-state index in [2.05, 4.69) is 15.0 Å². The van der Waals surface area contributed by atoms with Gasteiger partial charge in [0.1, 0.15) is 27.6 Å². The van der Waals surface area contributed by atoms with E-state index in [1.807, 2.05) is 49.6 Å². The summed E-state index contributed by atoms with van der Waals surface area (Å²) in [5, 5.41) is 11.2. The number of aryl methyl sites for hydroxylation is 1. The van der Waals surface area contributed by atoms with Crippen LogP contribution in [0.15, 0.2) is 63.9 Å². The molecule has 0 spiro atoms. The highest BCUT2D eigenvalue weighted by Gasteiger charge is 2.26. The number of amides is 1. The summed E-state index contributed by atoms with van der Waals surface area (Å²) < 4.78 is 5.53. The van der Waals surface area contributed by atoms with Crippen molar-refractivity contribution in [2.75, 3.05) is 6.61 Å². The van der Waals surface area contributed by atoms with Gasteiger partial charge in [-0.1, -0.05) is 53.7 Å². The number of benzene rings is 2. The van der Waals surface area contributed by atoms with Crippen molar-refractivity contribution in [3.63, 3.8) is 0 Å². The maximum atomic E-state index is 12.7. The minimum absolute atomic E-state index is 0.130. The van der Waals surface area contributed by atoms with E-state index in [0.29, 0.717) is 22.9 Å². The number of primary amides is 1. The molecule has 1 amide bonds. The van der Waals surface area contributed by atoms with Gasteiger partial charge in [0.05, 0.1) is 18.0 Å². The Bertz CT molecular complexity index is 1470. The van der Waals surface area contributed by atoms with Crippen molar-refractivity contribution in [1.29, 1.82) is 5.26 Å². The molecule has 0 bridgehead atoms. The highest BCUT2D eigenvalue weighted by molar-refractivity contribution is 8.00. The van der Waals surface area contributed by atoms with Crippen LogP contribution in [0.3, 0.4) is 0 Å². The molecule has 0 fully saturated rings. The molecule has 2 aromatic carbocycles. The number of nitrogens with two attached hydrogens (primary N) is 1. The van der Waals surface area contributed by atoms with Gasteiger partial charge in [-0.2, -0.15) is 5.26 Å². The van der Waals surface area contributed by atoms with E-state index in [1.165, 1.54) is 11.3 Å². The van der Waals surface area contributed by atoms with Crippen molar-refractivity contribution < 1.29 is 9.53 Å². The first kappa shape index (κ1) is 24.2. The number of hydrogen-bond donors (Lipinski definition) is 2. The lowest BCUT2D eigenvalue weighted by atomic mass is 10.1. The van der Waals surface area contributed by atoms with E-state index in [-0.39, 0.29) is 16.4 Å². The topological polar surface area (TPSA) is 135 Å². The first-order valence-corrected chi connectivity index (χ1v) is 12.4. The van der Waals surface area contributed by atoms with Crippen molar-refractivity contribution in [2.24, 2.45) is 5.73 Å². The minimum Gasteiger partial charge on any atom is -0.494 e. The van der Waals surface area contributed by atoms with E-state index >= 15 is 0 Å². The molecule has 1 atom stereocenters. The molecule has 0 aliphatic carbocycles. The Hall–Kier alpha value is -3.94. The largest absolute Gasteiger partial charge is 0.494 e. The van der Waals surface area contributed by atoms with Crippen molar-refractivity contribution >= 4 is 29.0 Å². The lowest BCUT2D eigenvalue weighted by Crippen LogP contribution is -2.21. The highest BCUT2D eigenvalue weighted by atomic mass is 32.2. The Morgan fingerprint density at radius 3 is 2.69 bits per heavy atom. The predicted molar refractivity (Wildman–Crippen MR) is 136 cm³/mol.